The molecule has 0 atom stereocenters. The summed E-state index contributed by atoms with van der Waals surface area (Å²) < 4.78 is 5.76. The molecule has 0 aliphatic heterocycles. The van der Waals surface area contributed by atoms with Gasteiger partial charge in [0.25, 0.3) is 0 Å². The molecule has 17 heavy (non-hydrogen) atoms. The quantitative estimate of drug-likeness (QED) is 0.844. The molecule has 1 heterocycles. The van der Waals surface area contributed by atoms with E-state index in [0.29, 0.717) is 10.4 Å². The number of carboxylic acids is 1. The van der Waals surface area contributed by atoms with E-state index >= 15 is 0 Å². The van der Waals surface area contributed by atoms with Gasteiger partial charge in [-0.3, -0.25) is 9.59 Å². The molecule has 0 radical (unpaired) electrons. The number of hydrogen-bond donors (Lipinski definition) is 1. The van der Waals surface area contributed by atoms with Crippen LogP contribution in [0.15, 0.2) is 27.3 Å². The second kappa shape index (κ2) is 6.24. The van der Waals surface area contributed by atoms with Crippen molar-refractivity contribution in [3.63, 3.8) is 0 Å². The van der Waals surface area contributed by atoms with E-state index in [1.807, 2.05) is 0 Å². The summed E-state index contributed by atoms with van der Waals surface area (Å²) in [5.41, 5.74) is 0. The predicted octanol–water partition coefficient (Wildman–Crippen LogP) is 1.99. The minimum Gasteiger partial charge on any atom is -0.481 e. The smallest absolute Gasteiger partial charge is 0.305 e. The third-order valence-electron chi connectivity index (χ3n) is 2.02. The van der Waals surface area contributed by atoms with Gasteiger partial charge in [-0.1, -0.05) is 0 Å². The Kier molecular flexibility index (Phi) is 4.96. The van der Waals surface area contributed by atoms with Gasteiger partial charge in [0.05, 0.1) is 6.42 Å². The van der Waals surface area contributed by atoms with E-state index in [9.17, 15) is 9.59 Å². The van der Waals surface area contributed by atoms with E-state index in [2.05, 4.69) is 15.9 Å². The summed E-state index contributed by atoms with van der Waals surface area (Å²) in [6.45, 7) is 0.181. The van der Waals surface area contributed by atoms with Crippen LogP contribution in [0.2, 0.25) is 0 Å². The first-order valence-electron chi connectivity index (χ1n) is 4.89. The van der Waals surface area contributed by atoms with Crippen molar-refractivity contribution in [3.05, 3.63) is 28.6 Å². The first kappa shape index (κ1) is 13.5. The van der Waals surface area contributed by atoms with Crippen LogP contribution in [0.1, 0.15) is 12.2 Å². The van der Waals surface area contributed by atoms with E-state index in [-0.39, 0.29) is 18.9 Å². The van der Waals surface area contributed by atoms with Crippen LogP contribution in [0.3, 0.4) is 0 Å². The van der Waals surface area contributed by atoms with Crippen LogP contribution >= 0.6 is 15.9 Å². The Morgan fingerprint density at radius 3 is 2.76 bits per heavy atom. The number of nitrogens with zero attached hydrogens (tertiary/aromatic N) is 1. The van der Waals surface area contributed by atoms with Crippen molar-refractivity contribution in [3.8, 4) is 0 Å². The largest absolute Gasteiger partial charge is 0.481 e. The normalized spacial score (nSPS) is 10.7. The summed E-state index contributed by atoms with van der Waals surface area (Å²) >= 11 is 3.15. The summed E-state index contributed by atoms with van der Waals surface area (Å²) in [6.07, 6.45) is 2.81. The molecule has 0 aromatic carbocycles. The zero-order valence-electron chi connectivity index (χ0n) is 9.22. The Morgan fingerprint density at radius 1 is 1.53 bits per heavy atom. The lowest BCUT2D eigenvalue weighted by Crippen LogP contribution is -2.27. The lowest BCUT2D eigenvalue weighted by Gasteiger charge is -2.12. The van der Waals surface area contributed by atoms with Gasteiger partial charge in [0.2, 0.25) is 5.91 Å². The molecule has 1 rings (SSSR count). The molecule has 0 saturated carbocycles. The fourth-order valence-electron chi connectivity index (χ4n) is 1.07. The van der Waals surface area contributed by atoms with Crippen molar-refractivity contribution in [1.82, 2.24) is 4.90 Å². The van der Waals surface area contributed by atoms with Crippen molar-refractivity contribution < 1.29 is 19.1 Å². The maximum atomic E-state index is 11.5. The Labute approximate surface area is 107 Å². The fraction of sp³-hybridized carbons (Fsp3) is 0.273. The van der Waals surface area contributed by atoms with Gasteiger partial charge in [0, 0.05) is 19.7 Å². The maximum absolute atomic E-state index is 11.5. The molecule has 0 unspecified atom stereocenters. The van der Waals surface area contributed by atoms with Gasteiger partial charge in [-0.05, 0) is 34.1 Å². The van der Waals surface area contributed by atoms with Crippen LogP contribution in [0.4, 0.5) is 0 Å². The van der Waals surface area contributed by atoms with Gasteiger partial charge in [0.15, 0.2) is 4.67 Å². The van der Waals surface area contributed by atoms with Crippen molar-refractivity contribution in [1.29, 1.82) is 0 Å². The number of hydrogen-bond acceptors (Lipinski definition) is 3. The number of likely N-dealkylation sites (N-methyl/N-ethyl adjacent to an activating group) is 1. The van der Waals surface area contributed by atoms with Gasteiger partial charge < -0.3 is 14.4 Å². The van der Waals surface area contributed by atoms with Crippen molar-refractivity contribution in [2.75, 3.05) is 13.6 Å². The van der Waals surface area contributed by atoms with E-state index in [1.165, 1.54) is 17.1 Å². The molecule has 92 valence electrons. The maximum Gasteiger partial charge on any atom is 0.305 e. The molecule has 6 heteroatoms. The number of aliphatic carboxylic acids is 1. The number of carbonyl (C=O) groups excluding carboxylic acids is 1. The molecule has 1 aromatic heterocycles. The predicted molar refractivity (Wildman–Crippen MR) is 65.3 cm³/mol. The summed E-state index contributed by atoms with van der Waals surface area (Å²) in [6, 6.07) is 3.43. The molecule has 0 spiro atoms. The second-order valence-electron chi connectivity index (χ2n) is 3.38. The molecule has 1 amide bonds. The zero-order valence-corrected chi connectivity index (χ0v) is 10.8. The Balaban J connectivity index is 2.48. The summed E-state index contributed by atoms with van der Waals surface area (Å²) in [4.78, 5) is 23.2. The number of rotatable bonds is 5. The number of halogens is 1. The first-order valence-corrected chi connectivity index (χ1v) is 5.68. The van der Waals surface area contributed by atoms with Gasteiger partial charge in [-0.15, -0.1) is 0 Å². The molecule has 0 bridgehead atoms. The second-order valence-corrected chi connectivity index (χ2v) is 4.16. The highest BCUT2D eigenvalue weighted by molar-refractivity contribution is 9.10. The number of furan rings is 1. The lowest BCUT2D eigenvalue weighted by molar-refractivity contribution is -0.137. The van der Waals surface area contributed by atoms with Gasteiger partial charge in [0.1, 0.15) is 5.76 Å². The molecule has 0 saturated heterocycles. The Bertz CT molecular complexity index is 438. The highest BCUT2D eigenvalue weighted by atomic mass is 79.9. The van der Waals surface area contributed by atoms with Crippen molar-refractivity contribution in [2.24, 2.45) is 0 Å². The van der Waals surface area contributed by atoms with E-state index in [1.54, 1.807) is 19.2 Å². The molecule has 0 fully saturated rings. The monoisotopic (exact) mass is 301 g/mol. The van der Waals surface area contributed by atoms with Crippen LogP contribution in [0.5, 0.6) is 0 Å². The highest BCUT2D eigenvalue weighted by Crippen LogP contribution is 2.15. The minimum absolute atomic E-state index is 0.0671. The third-order valence-corrected chi connectivity index (χ3v) is 2.45. The van der Waals surface area contributed by atoms with Crippen molar-refractivity contribution in [2.45, 2.75) is 6.42 Å². The molecular weight excluding hydrogens is 290 g/mol. The van der Waals surface area contributed by atoms with Crippen LogP contribution < -0.4 is 0 Å². The van der Waals surface area contributed by atoms with Gasteiger partial charge in [-0.2, -0.15) is 0 Å². The molecule has 1 aromatic rings. The van der Waals surface area contributed by atoms with E-state index in [4.69, 9.17) is 9.52 Å². The number of amides is 1. The van der Waals surface area contributed by atoms with Crippen LogP contribution in [0.25, 0.3) is 6.08 Å². The van der Waals surface area contributed by atoms with Gasteiger partial charge >= 0.3 is 5.97 Å². The summed E-state index contributed by atoms with van der Waals surface area (Å²) in [5.74, 6) is -0.640. The standard InChI is InChI=1S/C11H12BrNO4/c1-13(7-6-11(15)16)10(14)5-3-8-2-4-9(12)17-8/h2-5H,6-7H2,1H3,(H,15,16). The third kappa shape index (κ3) is 4.86. The molecule has 0 aliphatic carbocycles. The Hall–Kier alpha value is -1.56. The van der Waals surface area contributed by atoms with Gasteiger partial charge in [-0.25, -0.2) is 0 Å². The highest BCUT2D eigenvalue weighted by Gasteiger charge is 2.07. The number of carboxylic acid groups (broad SMARTS) is 1. The van der Waals surface area contributed by atoms with Crippen LogP contribution in [-0.2, 0) is 9.59 Å². The molecule has 5 nitrogen and oxygen atoms in total. The topological polar surface area (TPSA) is 70.8 Å². The first-order chi connectivity index (χ1) is 7.99. The van der Waals surface area contributed by atoms with Crippen LogP contribution in [-0.4, -0.2) is 35.5 Å². The average molecular weight is 302 g/mol. The summed E-state index contributed by atoms with van der Waals surface area (Å²) in [5, 5.41) is 8.48. The molecular formula is C11H12BrNO4. The van der Waals surface area contributed by atoms with E-state index in [0.717, 1.165) is 0 Å². The SMILES string of the molecule is CN(CCC(=O)O)C(=O)C=Cc1ccc(Br)o1. The minimum atomic E-state index is -0.927. The van der Waals surface area contributed by atoms with E-state index < -0.39 is 5.97 Å². The van der Waals surface area contributed by atoms with Crippen molar-refractivity contribution >= 4 is 33.9 Å². The zero-order chi connectivity index (χ0) is 12.8. The number of carbonyl (C=O) groups is 2. The Morgan fingerprint density at radius 2 is 2.24 bits per heavy atom. The lowest BCUT2D eigenvalue weighted by atomic mass is 10.3. The van der Waals surface area contributed by atoms with Crippen LogP contribution in [0, 0.1) is 0 Å². The fourth-order valence-corrected chi connectivity index (χ4v) is 1.39. The summed E-state index contributed by atoms with van der Waals surface area (Å²) in [7, 11) is 1.55. The molecule has 0 aliphatic rings. The average Bonchev–Trinajstić information content (AvgIpc) is 2.68. The molecule has 1 N–H and O–H groups in total.